The van der Waals surface area contributed by atoms with Gasteiger partial charge in [-0.2, -0.15) is 0 Å². The van der Waals surface area contributed by atoms with Gasteiger partial charge in [0.25, 0.3) is 5.56 Å². The molecular weight excluding hydrogens is 287 g/mol. The monoisotopic (exact) mass is 310 g/mol. The van der Waals surface area contributed by atoms with Gasteiger partial charge in [-0.15, -0.1) is 0 Å². The van der Waals surface area contributed by atoms with Crippen LogP contribution in [0.4, 0.5) is 9.18 Å². The number of carbonyl (C=O) groups excluding carboxylic acids is 1. The highest BCUT2D eigenvalue weighted by atomic mass is 19.1. The molecule has 5 nitrogen and oxygen atoms in total. The summed E-state index contributed by atoms with van der Waals surface area (Å²) >= 11 is 0. The van der Waals surface area contributed by atoms with E-state index in [0.717, 1.165) is 18.9 Å². The van der Waals surface area contributed by atoms with Gasteiger partial charge in [-0.3, -0.25) is 4.79 Å². The number of piperidine rings is 1. The maximum Gasteiger partial charge on any atom is 0.410 e. The fourth-order valence-corrected chi connectivity index (χ4v) is 2.54. The highest BCUT2D eigenvalue weighted by Gasteiger charge is 2.27. The lowest BCUT2D eigenvalue weighted by Crippen LogP contribution is -2.42. The summed E-state index contributed by atoms with van der Waals surface area (Å²) in [6.07, 6.45) is 2.81. The minimum absolute atomic E-state index is 0.287. The van der Waals surface area contributed by atoms with Crippen LogP contribution in [0.2, 0.25) is 0 Å². The van der Waals surface area contributed by atoms with Crippen LogP contribution in [-0.2, 0) is 11.3 Å². The lowest BCUT2D eigenvalue weighted by atomic mass is 9.97. The van der Waals surface area contributed by atoms with E-state index in [1.54, 1.807) is 4.90 Å². The van der Waals surface area contributed by atoms with Crippen molar-refractivity contribution in [2.45, 2.75) is 45.8 Å². The first-order valence-electron chi connectivity index (χ1n) is 7.58. The number of amides is 1. The van der Waals surface area contributed by atoms with Crippen molar-refractivity contribution in [2.75, 3.05) is 13.1 Å². The molecule has 0 N–H and O–H groups in total. The molecule has 1 saturated heterocycles. The zero-order valence-corrected chi connectivity index (χ0v) is 13.3. The maximum absolute atomic E-state index is 12.9. The molecule has 2 rings (SSSR count). The van der Waals surface area contributed by atoms with Crippen LogP contribution in [0, 0.1) is 11.7 Å². The van der Waals surface area contributed by atoms with Gasteiger partial charge in [0.1, 0.15) is 11.4 Å². The first kappa shape index (κ1) is 16.5. The third kappa shape index (κ3) is 4.58. The summed E-state index contributed by atoms with van der Waals surface area (Å²) in [5, 5.41) is 0. The Morgan fingerprint density at radius 3 is 2.55 bits per heavy atom. The Kier molecular flexibility index (Phi) is 4.88. The minimum atomic E-state index is -0.513. The number of carbonyl (C=O) groups is 1. The zero-order valence-electron chi connectivity index (χ0n) is 13.3. The van der Waals surface area contributed by atoms with Crippen LogP contribution in [0.15, 0.2) is 23.1 Å². The van der Waals surface area contributed by atoms with Crippen LogP contribution in [0.1, 0.15) is 33.6 Å². The standard InChI is InChI=1S/C16H23FN2O3/c1-16(2,3)22-15(21)18-7-4-12(5-8-18)11-19-9-6-13(17)10-14(19)20/h6,9-10,12H,4-5,7-8,11H2,1-3H3. The molecule has 0 bridgehead atoms. The van der Waals surface area contributed by atoms with E-state index in [1.807, 2.05) is 20.8 Å². The number of aromatic nitrogens is 1. The van der Waals surface area contributed by atoms with E-state index in [1.165, 1.54) is 16.8 Å². The smallest absolute Gasteiger partial charge is 0.410 e. The van der Waals surface area contributed by atoms with Gasteiger partial charge in [-0.05, 0) is 45.6 Å². The summed E-state index contributed by atoms with van der Waals surface area (Å²) in [5.74, 6) is -0.206. The third-order valence-corrected chi connectivity index (χ3v) is 3.68. The number of likely N-dealkylation sites (tertiary alicyclic amines) is 1. The number of hydrogen-bond acceptors (Lipinski definition) is 3. The van der Waals surface area contributed by atoms with E-state index < -0.39 is 11.4 Å². The second-order valence-electron chi connectivity index (χ2n) is 6.75. The normalized spacial score (nSPS) is 16.6. The van der Waals surface area contributed by atoms with Crippen LogP contribution in [-0.4, -0.2) is 34.3 Å². The minimum Gasteiger partial charge on any atom is -0.444 e. The van der Waals surface area contributed by atoms with Crippen LogP contribution in [0.3, 0.4) is 0 Å². The van der Waals surface area contributed by atoms with Gasteiger partial charge in [0.15, 0.2) is 0 Å². The Balaban J connectivity index is 1.87. The number of pyridine rings is 1. The Morgan fingerprint density at radius 1 is 1.36 bits per heavy atom. The summed E-state index contributed by atoms with van der Waals surface area (Å²) in [7, 11) is 0. The Hall–Kier alpha value is -1.85. The number of ether oxygens (including phenoxy) is 1. The summed E-state index contributed by atoms with van der Waals surface area (Å²) in [4.78, 5) is 25.4. The molecule has 22 heavy (non-hydrogen) atoms. The van der Waals surface area contributed by atoms with Crippen molar-refractivity contribution in [3.05, 3.63) is 34.5 Å². The maximum atomic E-state index is 12.9. The summed E-state index contributed by atoms with van der Waals surface area (Å²) < 4.78 is 19.8. The molecule has 6 heteroatoms. The molecule has 0 spiro atoms. The SMILES string of the molecule is CC(C)(C)OC(=O)N1CCC(Cn2ccc(F)cc2=O)CC1. The highest BCUT2D eigenvalue weighted by Crippen LogP contribution is 2.20. The van der Waals surface area contributed by atoms with E-state index in [2.05, 4.69) is 0 Å². The molecule has 0 saturated carbocycles. The van der Waals surface area contributed by atoms with Crippen molar-refractivity contribution in [3.63, 3.8) is 0 Å². The average Bonchev–Trinajstić information content (AvgIpc) is 2.41. The van der Waals surface area contributed by atoms with Crippen molar-refractivity contribution < 1.29 is 13.9 Å². The fourth-order valence-electron chi connectivity index (χ4n) is 2.54. The van der Waals surface area contributed by atoms with Gasteiger partial charge in [-0.25, -0.2) is 9.18 Å². The number of halogens is 1. The van der Waals surface area contributed by atoms with E-state index in [9.17, 15) is 14.0 Å². The largest absolute Gasteiger partial charge is 0.444 e. The number of nitrogens with zero attached hydrogens (tertiary/aromatic N) is 2. The Morgan fingerprint density at radius 2 is 2.00 bits per heavy atom. The predicted molar refractivity (Wildman–Crippen MR) is 81.2 cm³/mol. The molecule has 1 amide bonds. The van der Waals surface area contributed by atoms with Crippen LogP contribution >= 0.6 is 0 Å². The molecular formula is C16H23FN2O3. The van der Waals surface area contributed by atoms with E-state index in [4.69, 9.17) is 4.74 Å². The van der Waals surface area contributed by atoms with Crippen molar-refractivity contribution in [1.82, 2.24) is 9.47 Å². The molecule has 1 fully saturated rings. The van der Waals surface area contributed by atoms with Gasteiger partial charge in [0.05, 0.1) is 0 Å². The second-order valence-corrected chi connectivity index (χ2v) is 6.75. The zero-order chi connectivity index (χ0) is 16.3. The fraction of sp³-hybridized carbons (Fsp3) is 0.625. The van der Waals surface area contributed by atoms with Crippen molar-refractivity contribution in [3.8, 4) is 0 Å². The topological polar surface area (TPSA) is 51.5 Å². The lowest BCUT2D eigenvalue weighted by molar-refractivity contribution is 0.0178. The molecule has 1 aliphatic heterocycles. The molecule has 122 valence electrons. The molecule has 0 unspecified atom stereocenters. The van der Waals surface area contributed by atoms with E-state index in [-0.39, 0.29) is 11.7 Å². The molecule has 0 radical (unpaired) electrons. The molecule has 1 aromatic rings. The molecule has 2 heterocycles. The van der Waals surface area contributed by atoms with Gasteiger partial charge in [-0.1, -0.05) is 0 Å². The molecule has 0 atom stereocenters. The Bertz CT molecular complexity index is 584. The van der Waals surface area contributed by atoms with Crippen molar-refractivity contribution in [1.29, 1.82) is 0 Å². The van der Waals surface area contributed by atoms with Crippen LogP contribution < -0.4 is 5.56 Å². The molecule has 1 aliphatic rings. The number of rotatable bonds is 2. The van der Waals surface area contributed by atoms with Gasteiger partial charge in [0.2, 0.25) is 0 Å². The van der Waals surface area contributed by atoms with Crippen molar-refractivity contribution >= 4 is 6.09 Å². The second kappa shape index (κ2) is 6.50. The Labute approximate surface area is 129 Å². The van der Waals surface area contributed by atoms with Gasteiger partial charge < -0.3 is 14.2 Å². The summed E-state index contributed by atoms with van der Waals surface area (Å²) in [5.41, 5.74) is -0.815. The van der Waals surface area contributed by atoms with Gasteiger partial charge >= 0.3 is 6.09 Å². The highest BCUT2D eigenvalue weighted by molar-refractivity contribution is 5.68. The van der Waals surface area contributed by atoms with E-state index >= 15 is 0 Å². The first-order valence-corrected chi connectivity index (χ1v) is 7.58. The molecule has 1 aromatic heterocycles. The quantitative estimate of drug-likeness (QED) is 0.844. The van der Waals surface area contributed by atoms with E-state index in [0.29, 0.717) is 25.6 Å². The lowest BCUT2D eigenvalue weighted by Gasteiger charge is -2.33. The summed E-state index contributed by atoms with van der Waals surface area (Å²) in [6.45, 7) is 7.34. The van der Waals surface area contributed by atoms with Crippen molar-refractivity contribution in [2.24, 2.45) is 5.92 Å². The molecule has 0 aliphatic carbocycles. The van der Waals surface area contributed by atoms with Crippen LogP contribution in [0.25, 0.3) is 0 Å². The van der Waals surface area contributed by atoms with Crippen LogP contribution in [0.5, 0.6) is 0 Å². The molecule has 0 aromatic carbocycles. The predicted octanol–water partition coefficient (Wildman–Crippen LogP) is 2.63. The number of hydrogen-bond donors (Lipinski definition) is 0. The van der Waals surface area contributed by atoms with Gasteiger partial charge in [0, 0.05) is 31.9 Å². The average molecular weight is 310 g/mol. The third-order valence-electron chi connectivity index (χ3n) is 3.68. The first-order chi connectivity index (χ1) is 10.2. The summed E-state index contributed by atoms with van der Waals surface area (Å²) in [6, 6.07) is 2.28.